The molecule has 9 nitrogen and oxygen atoms in total. The zero-order chi connectivity index (χ0) is 35.1. The van der Waals surface area contributed by atoms with Crippen molar-refractivity contribution >= 4 is 40.0 Å². The van der Waals surface area contributed by atoms with E-state index in [1.54, 1.807) is 0 Å². The van der Waals surface area contributed by atoms with Gasteiger partial charge in [-0.3, -0.25) is 24.3 Å². The summed E-state index contributed by atoms with van der Waals surface area (Å²) < 4.78 is 5.02. The number of esters is 1. The van der Waals surface area contributed by atoms with Gasteiger partial charge in [0.15, 0.2) is 0 Å². The molecule has 2 N–H and O–H groups in total. The third-order valence-electron chi connectivity index (χ3n) is 11.1. The number of hydrogen-bond acceptors (Lipinski definition) is 6. The molecular formula is C40H49N5O4. The number of fused-ring (bicyclic) bond motifs is 8. The number of unbranched alkanes of at least 4 members (excludes halogenated alkanes) is 3. The van der Waals surface area contributed by atoms with Crippen molar-refractivity contribution < 1.29 is 19.1 Å². The molecule has 2 amide bonds. The van der Waals surface area contributed by atoms with Crippen molar-refractivity contribution in [3.05, 3.63) is 81.7 Å². The maximum absolute atomic E-state index is 14.6. The fourth-order valence-corrected chi connectivity index (χ4v) is 8.05. The van der Waals surface area contributed by atoms with Gasteiger partial charge in [-0.2, -0.15) is 0 Å². The van der Waals surface area contributed by atoms with Crippen molar-refractivity contribution in [1.29, 1.82) is 0 Å². The van der Waals surface area contributed by atoms with Gasteiger partial charge < -0.3 is 14.7 Å². The van der Waals surface area contributed by atoms with Gasteiger partial charge in [-0.1, -0.05) is 59.6 Å². The standard InChI is InChI=1S/C40H49N5O4/c1-9-12-13-14-17-45-39(47)35-24(7)31-20-33-26(11-3)22(5)29(42-33)19-32-25(10-2)21(4)28(41-32)18-30-23(6)27(15-16-34(46)49-8)37(43-30)36(40(45)48)38(35)44-31/h10,18-20,22-23,26-27,42,44H,2,9,11-17H2,1,3-8H3/t22-,23-,26-,27-/m0/s1. The zero-order valence-corrected chi connectivity index (χ0v) is 30.0. The van der Waals surface area contributed by atoms with Crippen LogP contribution >= 0.6 is 0 Å². The van der Waals surface area contributed by atoms with Crippen LogP contribution in [0.3, 0.4) is 0 Å². The van der Waals surface area contributed by atoms with E-state index in [-0.39, 0.29) is 47.9 Å². The molecule has 4 aliphatic rings. The Labute approximate surface area is 289 Å². The number of carbonyl (C=O) groups is 3. The number of allylic oxidation sites excluding steroid dienone is 3. The van der Waals surface area contributed by atoms with Crippen molar-refractivity contribution in [3.63, 3.8) is 0 Å². The molecule has 4 atom stereocenters. The summed E-state index contributed by atoms with van der Waals surface area (Å²) in [5.74, 6) is -0.863. The lowest BCUT2D eigenvalue weighted by atomic mass is 9.84. The number of aryl methyl sites for hydroxylation is 1. The number of nitrogens with zero attached hydrogens (tertiary/aromatic N) is 3. The highest BCUT2D eigenvalue weighted by atomic mass is 16.5. The number of amides is 2. The van der Waals surface area contributed by atoms with Crippen LogP contribution in [0.25, 0.3) is 22.2 Å². The number of rotatable bonds is 10. The summed E-state index contributed by atoms with van der Waals surface area (Å²) in [6.07, 6.45) is 7.17. The van der Waals surface area contributed by atoms with Crippen molar-refractivity contribution in [2.24, 2.45) is 0 Å². The Hall–Kier alpha value is -4.53. The topological polar surface area (TPSA) is 121 Å². The second-order valence-electron chi connectivity index (χ2n) is 13.9. The number of H-pyrrole nitrogens is 2. The molecule has 0 spiro atoms. The highest BCUT2D eigenvalue weighted by molar-refractivity contribution is 6.23. The van der Waals surface area contributed by atoms with Gasteiger partial charge >= 0.3 is 5.97 Å². The van der Waals surface area contributed by atoms with E-state index in [1.807, 2.05) is 26.0 Å². The molecule has 0 unspecified atom stereocenters. The Morgan fingerprint density at radius 1 is 0.939 bits per heavy atom. The third kappa shape index (κ3) is 5.91. The first-order valence-electron chi connectivity index (χ1n) is 17.9. The van der Waals surface area contributed by atoms with Crippen LogP contribution in [0, 0.1) is 6.92 Å². The highest BCUT2D eigenvalue weighted by Crippen LogP contribution is 2.45. The summed E-state index contributed by atoms with van der Waals surface area (Å²) in [5, 5.41) is 0. The van der Waals surface area contributed by atoms with E-state index in [9.17, 15) is 14.4 Å². The molecule has 4 aliphatic heterocycles. The van der Waals surface area contributed by atoms with Gasteiger partial charge in [-0.05, 0) is 62.4 Å². The Kier molecular flexibility index (Phi) is 9.65. The number of hydrogen-bond donors (Lipinski definition) is 2. The van der Waals surface area contributed by atoms with Gasteiger partial charge in [0.1, 0.15) is 0 Å². The first kappa shape index (κ1) is 34.3. The van der Waals surface area contributed by atoms with Gasteiger partial charge in [0.25, 0.3) is 11.8 Å². The van der Waals surface area contributed by atoms with E-state index in [1.165, 1.54) is 12.0 Å². The lowest BCUT2D eigenvalue weighted by Gasteiger charge is -2.27. The van der Waals surface area contributed by atoms with Gasteiger partial charge in [0, 0.05) is 64.8 Å². The van der Waals surface area contributed by atoms with E-state index >= 15 is 0 Å². The first-order valence-corrected chi connectivity index (χ1v) is 17.9. The summed E-state index contributed by atoms with van der Waals surface area (Å²) in [4.78, 5) is 60.2. The molecular weight excluding hydrogens is 614 g/mol. The molecule has 6 heterocycles. The fraction of sp³-hybridized carbons (Fsp3) is 0.475. The Morgan fingerprint density at radius 3 is 2.39 bits per heavy atom. The second kappa shape index (κ2) is 13.8. The quantitative estimate of drug-likeness (QED) is 0.149. The van der Waals surface area contributed by atoms with Crippen LogP contribution in [0.1, 0.15) is 164 Å². The van der Waals surface area contributed by atoms with E-state index < -0.39 is 0 Å². The molecule has 0 aromatic carbocycles. The zero-order valence-electron chi connectivity index (χ0n) is 30.0. The van der Waals surface area contributed by atoms with Crippen LogP contribution in [0.15, 0.2) is 30.9 Å². The van der Waals surface area contributed by atoms with Crippen LogP contribution in [-0.4, -0.2) is 56.3 Å². The summed E-state index contributed by atoms with van der Waals surface area (Å²) in [6, 6.07) is 6.25. The van der Waals surface area contributed by atoms with E-state index in [0.29, 0.717) is 35.3 Å². The number of aromatic amines is 2. The molecule has 0 saturated heterocycles. The molecule has 0 radical (unpaired) electrons. The second-order valence-corrected chi connectivity index (χ2v) is 13.9. The van der Waals surface area contributed by atoms with Gasteiger partial charge in [-0.25, -0.2) is 4.98 Å². The van der Waals surface area contributed by atoms with Crippen molar-refractivity contribution in [1.82, 2.24) is 24.8 Å². The predicted molar refractivity (Wildman–Crippen MR) is 193 cm³/mol. The third-order valence-corrected chi connectivity index (χ3v) is 11.1. The smallest absolute Gasteiger partial charge is 0.305 e. The van der Waals surface area contributed by atoms with Gasteiger partial charge in [0.2, 0.25) is 0 Å². The monoisotopic (exact) mass is 663 g/mol. The van der Waals surface area contributed by atoms with Crippen molar-refractivity contribution in [2.45, 2.75) is 110 Å². The van der Waals surface area contributed by atoms with Crippen molar-refractivity contribution in [2.75, 3.05) is 13.7 Å². The Balaban J connectivity index is 1.72. The Morgan fingerprint density at radius 2 is 1.69 bits per heavy atom. The molecule has 2 aromatic rings. The Bertz CT molecular complexity index is 1950. The SMILES string of the molecule is C=CC1=C(C)c2cc3nc(c4c5[nH]c(cc6[nH]c(cc1n2)[C@@H](C)[C@@H]6CC)c(C)c5C(=O)N(CCCCCC)C4=O)[C@@H](CCC(=O)OC)[C@@H]3C. The number of methoxy groups -OCH3 is 1. The summed E-state index contributed by atoms with van der Waals surface area (Å²) in [6.45, 7) is 17.1. The lowest BCUT2D eigenvalue weighted by molar-refractivity contribution is -0.140. The van der Waals surface area contributed by atoms with E-state index in [0.717, 1.165) is 82.8 Å². The van der Waals surface area contributed by atoms with Crippen LogP contribution in [0.5, 0.6) is 0 Å². The minimum Gasteiger partial charge on any atom is -0.469 e. The normalized spacial score (nSPS) is 20.9. The summed E-state index contributed by atoms with van der Waals surface area (Å²) >= 11 is 0. The predicted octanol–water partition coefficient (Wildman–Crippen LogP) is 8.78. The molecule has 0 fully saturated rings. The minimum atomic E-state index is -0.339. The number of ether oxygens (including phenoxy) is 1. The van der Waals surface area contributed by atoms with Crippen molar-refractivity contribution in [3.8, 4) is 0 Å². The van der Waals surface area contributed by atoms with Crippen LogP contribution < -0.4 is 0 Å². The first-order chi connectivity index (χ1) is 23.5. The maximum atomic E-state index is 14.6. The fourth-order valence-electron chi connectivity index (χ4n) is 8.05. The molecule has 258 valence electrons. The van der Waals surface area contributed by atoms with Crippen LogP contribution in [-0.2, 0) is 9.53 Å². The van der Waals surface area contributed by atoms with Gasteiger partial charge in [-0.15, -0.1) is 0 Å². The largest absolute Gasteiger partial charge is 0.469 e. The summed E-state index contributed by atoms with van der Waals surface area (Å²) in [7, 11) is 1.39. The van der Waals surface area contributed by atoms with E-state index in [2.05, 4.69) is 56.4 Å². The number of aromatic nitrogens is 4. The number of carbonyl (C=O) groups excluding carboxylic acids is 3. The summed E-state index contributed by atoms with van der Waals surface area (Å²) in [5.41, 5.74) is 10.2. The molecule has 2 aromatic heterocycles. The number of nitrogens with one attached hydrogen (secondary N) is 2. The minimum absolute atomic E-state index is 0.125. The average molecular weight is 664 g/mol. The highest BCUT2D eigenvalue weighted by Gasteiger charge is 2.41. The lowest BCUT2D eigenvalue weighted by Crippen LogP contribution is -2.41. The molecule has 0 aliphatic carbocycles. The average Bonchev–Trinajstić information content (AvgIpc) is 3.76. The number of imide groups is 1. The molecule has 0 saturated carbocycles. The maximum Gasteiger partial charge on any atom is 0.305 e. The van der Waals surface area contributed by atoms with Crippen LogP contribution in [0.2, 0.25) is 0 Å². The molecule has 6 rings (SSSR count). The molecule has 9 heteroatoms. The molecule has 8 bridgehead atoms. The molecule has 49 heavy (non-hydrogen) atoms. The van der Waals surface area contributed by atoms with E-state index in [4.69, 9.17) is 14.7 Å². The van der Waals surface area contributed by atoms with Crippen LogP contribution in [0.4, 0.5) is 0 Å². The van der Waals surface area contributed by atoms with Gasteiger partial charge in [0.05, 0.1) is 40.8 Å².